The van der Waals surface area contributed by atoms with Crippen molar-refractivity contribution in [2.24, 2.45) is 5.92 Å². The summed E-state index contributed by atoms with van der Waals surface area (Å²) < 4.78 is 0. The molecule has 0 heterocycles. The Morgan fingerprint density at radius 2 is 1.94 bits per heavy atom. The monoisotopic (exact) mass is 267 g/mol. The van der Waals surface area contributed by atoms with E-state index in [4.69, 9.17) is 11.6 Å². The highest BCUT2D eigenvalue weighted by Gasteiger charge is 2.14. The third kappa shape index (κ3) is 4.62. The number of hydrogen-bond donors (Lipinski definition) is 1. The van der Waals surface area contributed by atoms with Crippen molar-refractivity contribution in [3.05, 3.63) is 34.3 Å². The quantitative estimate of drug-likeness (QED) is 0.723. The lowest BCUT2D eigenvalue weighted by Gasteiger charge is -2.22. The molecule has 1 N–H and O–H groups in total. The maximum atomic E-state index is 6.23. The van der Waals surface area contributed by atoms with Gasteiger partial charge in [0.25, 0.3) is 0 Å². The van der Waals surface area contributed by atoms with Crippen LogP contribution >= 0.6 is 11.6 Å². The van der Waals surface area contributed by atoms with Crippen molar-refractivity contribution < 1.29 is 0 Å². The molecule has 0 aliphatic heterocycles. The molecule has 1 aromatic rings. The first-order valence-electron chi connectivity index (χ1n) is 7.04. The summed E-state index contributed by atoms with van der Waals surface area (Å²) in [6.45, 7) is 9.95. The highest BCUT2D eigenvalue weighted by atomic mass is 35.5. The summed E-state index contributed by atoms with van der Waals surface area (Å²) in [4.78, 5) is 0. The second-order valence-electron chi connectivity index (χ2n) is 5.43. The number of nitrogens with one attached hydrogen (secondary N) is 1. The Bertz CT molecular complexity index is 360. The van der Waals surface area contributed by atoms with Crippen molar-refractivity contribution >= 4 is 11.6 Å². The summed E-state index contributed by atoms with van der Waals surface area (Å²) in [5.41, 5.74) is 2.58. The largest absolute Gasteiger partial charge is 0.310 e. The van der Waals surface area contributed by atoms with Crippen LogP contribution in [0.3, 0.4) is 0 Å². The van der Waals surface area contributed by atoms with Crippen LogP contribution in [0, 0.1) is 12.8 Å². The average Bonchev–Trinajstić information content (AvgIpc) is 2.33. The van der Waals surface area contributed by atoms with Gasteiger partial charge in [-0.2, -0.15) is 0 Å². The van der Waals surface area contributed by atoms with Gasteiger partial charge in [0.2, 0.25) is 0 Å². The van der Waals surface area contributed by atoms with Gasteiger partial charge in [-0.1, -0.05) is 44.5 Å². The van der Waals surface area contributed by atoms with E-state index in [0.29, 0.717) is 6.04 Å². The minimum absolute atomic E-state index is 0.436. The lowest BCUT2D eigenvalue weighted by atomic mass is 9.94. The van der Waals surface area contributed by atoms with Gasteiger partial charge in [0.05, 0.1) is 0 Å². The van der Waals surface area contributed by atoms with E-state index in [1.165, 1.54) is 24.0 Å². The van der Waals surface area contributed by atoms with Crippen LogP contribution in [0.5, 0.6) is 0 Å². The number of benzene rings is 1. The topological polar surface area (TPSA) is 12.0 Å². The Kier molecular flexibility index (Phi) is 6.73. The summed E-state index contributed by atoms with van der Waals surface area (Å²) in [6, 6.07) is 6.67. The van der Waals surface area contributed by atoms with Crippen LogP contribution in [0.25, 0.3) is 0 Å². The second-order valence-corrected chi connectivity index (χ2v) is 5.84. The van der Waals surface area contributed by atoms with Crippen molar-refractivity contribution in [3.8, 4) is 0 Å². The van der Waals surface area contributed by atoms with Crippen molar-refractivity contribution in [3.63, 3.8) is 0 Å². The third-order valence-corrected chi connectivity index (χ3v) is 3.77. The smallest absolute Gasteiger partial charge is 0.0438 e. The van der Waals surface area contributed by atoms with E-state index in [2.05, 4.69) is 45.1 Å². The van der Waals surface area contributed by atoms with Gasteiger partial charge in [-0.3, -0.25) is 0 Å². The van der Waals surface area contributed by atoms with Gasteiger partial charge in [-0.25, -0.2) is 0 Å². The molecule has 2 heteroatoms. The minimum Gasteiger partial charge on any atom is -0.310 e. The van der Waals surface area contributed by atoms with Gasteiger partial charge >= 0.3 is 0 Å². The molecule has 0 fully saturated rings. The van der Waals surface area contributed by atoms with Crippen LogP contribution in [-0.4, -0.2) is 6.54 Å². The van der Waals surface area contributed by atoms with Crippen molar-refractivity contribution in [2.45, 2.75) is 53.0 Å². The Labute approximate surface area is 117 Å². The Balaban J connectivity index is 2.83. The fourth-order valence-corrected chi connectivity index (χ4v) is 2.37. The molecule has 1 atom stereocenters. The average molecular weight is 268 g/mol. The van der Waals surface area contributed by atoms with E-state index in [1.807, 2.05) is 6.07 Å². The zero-order valence-corrected chi connectivity index (χ0v) is 12.8. The van der Waals surface area contributed by atoms with E-state index in [-0.39, 0.29) is 0 Å². The Hall–Kier alpha value is -0.530. The fraction of sp³-hybridized carbons (Fsp3) is 0.625. The summed E-state index contributed by atoms with van der Waals surface area (Å²) in [7, 11) is 0. The van der Waals surface area contributed by atoms with E-state index >= 15 is 0 Å². The SMILES string of the molecule is CCCNC(CCC(C)C)c1cccc(Cl)c1C. The van der Waals surface area contributed by atoms with Gasteiger partial charge in [0, 0.05) is 11.1 Å². The highest BCUT2D eigenvalue weighted by molar-refractivity contribution is 6.31. The van der Waals surface area contributed by atoms with Crippen LogP contribution in [-0.2, 0) is 0 Å². The molecule has 1 aromatic carbocycles. The zero-order valence-electron chi connectivity index (χ0n) is 12.1. The zero-order chi connectivity index (χ0) is 13.5. The molecule has 0 bridgehead atoms. The number of halogens is 1. The Morgan fingerprint density at radius 1 is 1.22 bits per heavy atom. The molecule has 1 nitrogen and oxygen atoms in total. The van der Waals surface area contributed by atoms with Crippen molar-refractivity contribution in [1.29, 1.82) is 0 Å². The van der Waals surface area contributed by atoms with Crippen LogP contribution in [0.2, 0.25) is 5.02 Å². The van der Waals surface area contributed by atoms with Crippen LogP contribution in [0.15, 0.2) is 18.2 Å². The molecule has 102 valence electrons. The van der Waals surface area contributed by atoms with Gasteiger partial charge in [0.15, 0.2) is 0 Å². The summed E-state index contributed by atoms with van der Waals surface area (Å²) in [5, 5.41) is 4.53. The van der Waals surface area contributed by atoms with Crippen LogP contribution < -0.4 is 5.32 Å². The summed E-state index contributed by atoms with van der Waals surface area (Å²) in [6.07, 6.45) is 3.59. The normalized spacial score (nSPS) is 13.0. The van der Waals surface area contributed by atoms with Gasteiger partial charge in [0.1, 0.15) is 0 Å². The molecule has 0 spiro atoms. The maximum absolute atomic E-state index is 6.23. The molecule has 0 radical (unpaired) electrons. The molecule has 0 saturated carbocycles. The highest BCUT2D eigenvalue weighted by Crippen LogP contribution is 2.28. The molecule has 0 aliphatic rings. The molecule has 0 amide bonds. The van der Waals surface area contributed by atoms with E-state index in [9.17, 15) is 0 Å². The summed E-state index contributed by atoms with van der Waals surface area (Å²) in [5.74, 6) is 0.746. The molecule has 18 heavy (non-hydrogen) atoms. The maximum Gasteiger partial charge on any atom is 0.0438 e. The standard InChI is InChI=1S/C16H26ClN/c1-5-11-18-16(10-9-12(2)3)14-7-6-8-15(17)13(14)4/h6-8,12,16,18H,5,9-11H2,1-4H3. The molecular formula is C16H26ClN. The molecular weight excluding hydrogens is 242 g/mol. The molecule has 0 saturated heterocycles. The second kappa shape index (κ2) is 7.81. The van der Waals surface area contributed by atoms with Gasteiger partial charge in [-0.15, -0.1) is 0 Å². The molecule has 0 aliphatic carbocycles. The van der Waals surface area contributed by atoms with Crippen LogP contribution in [0.4, 0.5) is 0 Å². The molecule has 0 aromatic heterocycles. The third-order valence-electron chi connectivity index (χ3n) is 3.36. The van der Waals surface area contributed by atoms with E-state index in [0.717, 1.165) is 23.9 Å². The number of rotatable bonds is 7. The molecule has 1 rings (SSSR count). The first-order valence-corrected chi connectivity index (χ1v) is 7.42. The van der Waals surface area contributed by atoms with Gasteiger partial charge < -0.3 is 5.32 Å². The summed E-state index contributed by atoms with van der Waals surface area (Å²) >= 11 is 6.23. The lowest BCUT2D eigenvalue weighted by Crippen LogP contribution is -2.23. The van der Waals surface area contributed by atoms with Gasteiger partial charge in [-0.05, 0) is 55.8 Å². The predicted molar refractivity (Wildman–Crippen MR) is 81.3 cm³/mol. The van der Waals surface area contributed by atoms with Crippen molar-refractivity contribution in [1.82, 2.24) is 5.32 Å². The fourth-order valence-electron chi connectivity index (χ4n) is 2.19. The van der Waals surface area contributed by atoms with Crippen molar-refractivity contribution in [2.75, 3.05) is 6.54 Å². The Morgan fingerprint density at radius 3 is 2.56 bits per heavy atom. The molecule has 1 unspecified atom stereocenters. The first kappa shape index (κ1) is 15.5. The predicted octanol–water partition coefficient (Wildman–Crippen LogP) is 5.13. The first-order chi connectivity index (χ1) is 8.56. The lowest BCUT2D eigenvalue weighted by molar-refractivity contribution is 0.439. The van der Waals surface area contributed by atoms with E-state index in [1.54, 1.807) is 0 Å². The number of hydrogen-bond acceptors (Lipinski definition) is 1. The van der Waals surface area contributed by atoms with E-state index < -0.39 is 0 Å². The van der Waals surface area contributed by atoms with Crippen LogP contribution in [0.1, 0.15) is 57.2 Å². The minimum atomic E-state index is 0.436.